The van der Waals surface area contributed by atoms with Crippen molar-refractivity contribution in [3.63, 3.8) is 0 Å². The minimum atomic E-state index is -0.958. The number of hydrogen-bond donors (Lipinski definition) is 2. The summed E-state index contributed by atoms with van der Waals surface area (Å²) in [5.74, 6) is -1.02. The summed E-state index contributed by atoms with van der Waals surface area (Å²) in [5, 5.41) is 22.0. The molecule has 3 aromatic carbocycles. The van der Waals surface area contributed by atoms with Gasteiger partial charge >= 0.3 is 0 Å². The van der Waals surface area contributed by atoms with E-state index in [1.54, 1.807) is 43.3 Å². The number of Topliss-reactive ketones (excluding diaryl/α,β-unsaturated/α-hetero) is 1. The van der Waals surface area contributed by atoms with Crippen LogP contribution in [0, 0.1) is 6.92 Å². The van der Waals surface area contributed by atoms with Gasteiger partial charge in [-0.15, -0.1) is 0 Å². The molecule has 1 amide bonds. The Morgan fingerprint density at radius 2 is 1.59 bits per heavy atom. The van der Waals surface area contributed by atoms with Crippen LogP contribution in [0.2, 0.25) is 0 Å². The third-order valence-electron chi connectivity index (χ3n) is 6.83. The molecule has 0 saturated carbocycles. The highest BCUT2D eigenvalue weighted by Gasteiger charge is 2.47. The lowest BCUT2D eigenvalue weighted by atomic mass is 9.84. The molecule has 0 aliphatic carbocycles. The SMILES string of the molecule is CCOc1ccc(N2C(=O)C(=O)/C(=C(/O)c3cc(C(C)(C)C)ccc3C)C2c2ccc(O)c(OCC)c2)cc1. The predicted molar refractivity (Wildman–Crippen MR) is 152 cm³/mol. The smallest absolute Gasteiger partial charge is 0.300 e. The van der Waals surface area contributed by atoms with Crippen molar-refractivity contribution in [2.45, 2.75) is 53.0 Å². The second kappa shape index (κ2) is 10.8. The molecule has 4 rings (SSSR count). The minimum absolute atomic E-state index is 0.0313. The van der Waals surface area contributed by atoms with Crippen LogP contribution in [-0.4, -0.2) is 35.1 Å². The van der Waals surface area contributed by atoms with Gasteiger partial charge in [-0.2, -0.15) is 0 Å². The van der Waals surface area contributed by atoms with Gasteiger partial charge in [0.2, 0.25) is 0 Å². The highest BCUT2D eigenvalue weighted by atomic mass is 16.5. The van der Waals surface area contributed by atoms with Crippen molar-refractivity contribution < 1.29 is 29.3 Å². The summed E-state index contributed by atoms with van der Waals surface area (Å²) in [7, 11) is 0. The van der Waals surface area contributed by atoms with Gasteiger partial charge in [0.05, 0.1) is 24.8 Å². The summed E-state index contributed by atoms with van der Waals surface area (Å²) in [6, 6.07) is 16.4. The highest BCUT2D eigenvalue weighted by Crippen LogP contribution is 2.45. The normalized spacial score (nSPS) is 17.0. The zero-order valence-electron chi connectivity index (χ0n) is 23.2. The molecule has 3 aromatic rings. The van der Waals surface area contributed by atoms with Crippen LogP contribution in [-0.2, 0) is 15.0 Å². The Labute approximate surface area is 229 Å². The van der Waals surface area contributed by atoms with Gasteiger partial charge in [0, 0.05) is 11.3 Å². The van der Waals surface area contributed by atoms with Crippen LogP contribution in [0.5, 0.6) is 17.2 Å². The van der Waals surface area contributed by atoms with Crippen LogP contribution in [0.4, 0.5) is 5.69 Å². The van der Waals surface area contributed by atoms with Gasteiger partial charge in [-0.25, -0.2) is 0 Å². The Bertz CT molecular complexity index is 1430. The lowest BCUT2D eigenvalue weighted by Crippen LogP contribution is -2.29. The monoisotopic (exact) mass is 529 g/mol. The molecule has 7 nitrogen and oxygen atoms in total. The number of nitrogens with zero attached hydrogens (tertiary/aromatic N) is 1. The number of rotatable bonds is 7. The molecule has 1 fully saturated rings. The Morgan fingerprint density at radius 1 is 0.923 bits per heavy atom. The van der Waals surface area contributed by atoms with Crippen molar-refractivity contribution in [2.24, 2.45) is 0 Å². The average molecular weight is 530 g/mol. The van der Waals surface area contributed by atoms with E-state index in [0.29, 0.717) is 35.8 Å². The molecule has 1 saturated heterocycles. The fourth-order valence-electron chi connectivity index (χ4n) is 4.74. The number of benzene rings is 3. The average Bonchev–Trinajstić information content (AvgIpc) is 3.15. The van der Waals surface area contributed by atoms with Crippen molar-refractivity contribution in [2.75, 3.05) is 18.1 Å². The molecule has 0 spiro atoms. The molecule has 1 aliphatic rings. The number of aliphatic hydroxyl groups excluding tert-OH is 1. The zero-order valence-corrected chi connectivity index (χ0v) is 23.2. The lowest BCUT2D eigenvalue weighted by Gasteiger charge is -2.26. The molecule has 1 unspecified atom stereocenters. The predicted octanol–water partition coefficient (Wildman–Crippen LogP) is 6.42. The molecule has 2 N–H and O–H groups in total. The van der Waals surface area contributed by atoms with Crippen LogP contribution < -0.4 is 14.4 Å². The van der Waals surface area contributed by atoms with E-state index in [2.05, 4.69) is 20.8 Å². The second-order valence-electron chi connectivity index (χ2n) is 10.5. The van der Waals surface area contributed by atoms with E-state index in [1.807, 2.05) is 32.0 Å². The molecule has 39 heavy (non-hydrogen) atoms. The fourth-order valence-corrected chi connectivity index (χ4v) is 4.74. The first-order chi connectivity index (χ1) is 18.5. The van der Waals surface area contributed by atoms with Crippen LogP contribution in [0.15, 0.2) is 66.2 Å². The van der Waals surface area contributed by atoms with Crippen molar-refractivity contribution in [3.05, 3.63) is 88.5 Å². The molecule has 204 valence electrons. The number of hydrogen-bond acceptors (Lipinski definition) is 6. The van der Waals surface area contributed by atoms with Gasteiger partial charge < -0.3 is 19.7 Å². The molecular formula is C32H35NO6. The first-order valence-electron chi connectivity index (χ1n) is 13.1. The second-order valence-corrected chi connectivity index (χ2v) is 10.5. The Balaban J connectivity index is 1.96. The summed E-state index contributed by atoms with van der Waals surface area (Å²) < 4.78 is 11.1. The molecule has 0 radical (unpaired) electrons. The van der Waals surface area contributed by atoms with Gasteiger partial charge in [0.15, 0.2) is 11.5 Å². The number of carbonyl (C=O) groups excluding carboxylic acids is 2. The Hall–Kier alpha value is -4.26. The maximum absolute atomic E-state index is 13.6. The molecule has 0 aromatic heterocycles. The number of amides is 1. The van der Waals surface area contributed by atoms with E-state index < -0.39 is 17.7 Å². The molecular weight excluding hydrogens is 494 g/mol. The van der Waals surface area contributed by atoms with E-state index in [0.717, 1.165) is 11.1 Å². The molecule has 7 heteroatoms. The molecule has 1 atom stereocenters. The van der Waals surface area contributed by atoms with Crippen molar-refractivity contribution >= 4 is 23.1 Å². The van der Waals surface area contributed by atoms with Crippen LogP contribution in [0.3, 0.4) is 0 Å². The molecule has 1 heterocycles. The highest BCUT2D eigenvalue weighted by molar-refractivity contribution is 6.51. The van der Waals surface area contributed by atoms with Crippen LogP contribution in [0.25, 0.3) is 5.76 Å². The van der Waals surface area contributed by atoms with E-state index >= 15 is 0 Å². The Morgan fingerprint density at radius 3 is 2.21 bits per heavy atom. The fraction of sp³-hybridized carbons (Fsp3) is 0.312. The summed E-state index contributed by atoms with van der Waals surface area (Å²) in [6.45, 7) is 12.5. The van der Waals surface area contributed by atoms with Crippen molar-refractivity contribution in [3.8, 4) is 17.2 Å². The third kappa shape index (κ3) is 5.35. The van der Waals surface area contributed by atoms with Crippen LogP contribution in [0.1, 0.15) is 62.9 Å². The summed E-state index contributed by atoms with van der Waals surface area (Å²) >= 11 is 0. The van der Waals surface area contributed by atoms with E-state index in [9.17, 15) is 19.8 Å². The van der Waals surface area contributed by atoms with E-state index in [1.165, 1.54) is 11.0 Å². The summed E-state index contributed by atoms with van der Waals surface area (Å²) in [4.78, 5) is 28.5. The maximum atomic E-state index is 13.6. The van der Waals surface area contributed by atoms with Crippen molar-refractivity contribution in [1.82, 2.24) is 0 Å². The van der Waals surface area contributed by atoms with Gasteiger partial charge in [0.25, 0.3) is 11.7 Å². The lowest BCUT2D eigenvalue weighted by molar-refractivity contribution is -0.132. The van der Waals surface area contributed by atoms with E-state index in [-0.39, 0.29) is 28.2 Å². The number of carbonyl (C=O) groups is 2. The first-order valence-corrected chi connectivity index (χ1v) is 13.1. The van der Waals surface area contributed by atoms with Crippen molar-refractivity contribution in [1.29, 1.82) is 0 Å². The number of ketones is 1. The Kier molecular flexibility index (Phi) is 7.72. The standard InChI is InChI=1S/C32H35NO6/c1-7-38-23-14-12-22(13-15-23)33-28(20-10-16-25(34)26(17-20)39-8-2)27(30(36)31(33)37)29(35)24-18-21(32(4,5)6)11-9-19(24)3/h9-18,28,34-35H,7-8H2,1-6H3/b29-27+. The zero-order chi connectivity index (χ0) is 28.5. The number of phenols is 1. The maximum Gasteiger partial charge on any atom is 0.300 e. The topological polar surface area (TPSA) is 96.3 Å². The first kappa shape index (κ1) is 27.8. The number of aryl methyl sites for hydroxylation is 1. The largest absolute Gasteiger partial charge is 0.507 e. The van der Waals surface area contributed by atoms with E-state index in [4.69, 9.17) is 9.47 Å². The van der Waals surface area contributed by atoms with Crippen LogP contribution >= 0.6 is 0 Å². The molecule has 1 aliphatic heterocycles. The minimum Gasteiger partial charge on any atom is -0.507 e. The van der Waals surface area contributed by atoms with Gasteiger partial charge in [-0.05, 0) is 85.3 Å². The number of anilines is 1. The number of aliphatic hydroxyl groups is 1. The number of aromatic hydroxyl groups is 1. The third-order valence-corrected chi connectivity index (χ3v) is 6.83. The van der Waals surface area contributed by atoms with Gasteiger partial charge in [0.1, 0.15) is 11.5 Å². The number of ether oxygens (including phenoxy) is 2. The van der Waals surface area contributed by atoms with Gasteiger partial charge in [-0.1, -0.05) is 39.0 Å². The van der Waals surface area contributed by atoms with Gasteiger partial charge in [-0.3, -0.25) is 14.5 Å². The molecule has 0 bridgehead atoms. The quantitative estimate of drug-likeness (QED) is 0.208. The summed E-state index contributed by atoms with van der Waals surface area (Å²) in [6.07, 6.45) is 0. The summed E-state index contributed by atoms with van der Waals surface area (Å²) in [5.41, 5.74) is 2.99. The number of phenolic OH excluding ortho intramolecular Hbond substituents is 1.